The van der Waals surface area contributed by atoms with E-state index in [1.165, 1.54) is 12.1 Å². The Morgan fingerprint density at radius 3 is 2.56 bits per heavy atom. The highest BCUT2D eigenvalue weighted by atomic mass is 19.4. The Morgan fingerprint density at radius 2 is 1.79 bits per heavy atom. The number of likely N-dealkylation sites (tertiary alicyclic amines) is 1. The van der Waals surface area contributed by atoms with Gasteiger partial charge < -0.3 is 10.6 Å². The van der Waals surface area contributed by atoms with Gasteiger partial charge in [0.25, 0.3) is 0 Å². The first-order chi connectivity index (χ1) is 16.2. The molecule has 1 saturated heterocycles. The minimum atomic E-state index is -4.36. The summed E-state index contributed by atoms with van der Waals surface area (Å²) in [5.41, 5.74) is 1.08. The van der Waals surface area contributed by atoms with Crippen molar-refractivity contribution in [2.45, 2.75) is 57.7 Å². The second kappa shape index (κ2) is 10.2. The number of amides is 1. The molecule has 7 heteroatoms. The van der Waals surface area contributed by atoms with Crippen LogP contribution in [0, 0.1) is 0 Å². The zero-order valence-corrected chi connectivity index (χ0v) is 19.4. The normalized spacial score (nSPS) is 19.1. The van der Waals surface area contributed by atoms with Gasteiger partial charge in [0.05, 0.1) is 11.6 Å². The fourth-order valence-electron chi connectivity index (χ4n) is 4.65. The number of hydrogen-bond acceptors (Lipinski definition) is 3. The summed E-state index contributed by atoms with van der Waals surface area (Å²) in [6.07, 6.45) is -3.76. The summed E-state index contributed by atoms with van der Waals surface area (Å²) in [7, 11) is 0. The van der Waals surface area contributed by atoms with Gasteiger partial charge in [0, 0.05) is 31.7 Å². The van der Waals surface area contributed by atoms with Crippen LogP contribution in [0.5, 0.6) is 0 Å². The number of fused-ring (bicyclic) bond motifs is 1. The lowest BCUT2D eigenvalue weighted by Crippen LogP contribution is -2.45. The third-order valence-electron chi connectivity index (χ3n) is 6.24. The second-order valence-electron chi connectivity index (χ2n) is 9.26. The highest BCUT2D eigenvalue weighted by Crippen LogP contribution is 2.30. The van der Waals surface area contributed by atoms with Crippen LogP contribution in [0.4, 0.5) is 13.2 Å². The van der Waals surface area contributed by atoms with Crippen LogP contribution >= 0.6 is 0 Å². The standard InChI is InChI=1S/C27H30F3N3O/c1-18(2)32-26(34)25-14-23(31-15-19-7-5-11-22(13-19)27(28,29)30)17-33(25)16-21-10-6-9-20-8-3-4-12-24(20)21/h3-13,18,23,25,31H,14-17H2,1-2H3,(H,32,34)/t23-,25+/m1/s1. The number of hydrogen-bond donors (Lipinski definition) is 2. The summed E-state index contributed by atoms with van der Waals surface area (Å²) in [5, 5.41) is 8.72. The van der Waals surface area contributed by atoms with Crippen molar-refractivity contribution in [3.63, 3.8) is 0 Å². The number of rotatable bonds is 7. The summed E-state index contributed by atoms with van der Waals surface area (Å²) in [6, 6.07) is 19.5. The molecule has 0 spiro atoms. The molecule has 0 aromatic heterocycles. The lowest BCUT2D eigenvalue weighted by Gasteiger charge is -2.25. The number of benzene rings is 3. The highest BCUT2D eigenvalue weighted by Gasteiger charge is 2.37. The Morgan fingerprint density at radius 1 is 1.06 bits per heavy atom. The molecule has 0 unspecified atom stereocenters. The van der Waals surface area contributed by atoms with Crippen LogP contribution in [0.25, 0.3) is 10.8 Å². The number of halogens is 3. The van der Waals surface area contributed by atoms with E-state index in [0.717, 1.165) is 22.4 Å². The summed E-state index contributed by atoms with van der Waals surface area (Å²) < 4.78 is 39.2. The molecular formula is C27H30F3N3O. The average Bonchev–Trinajstić information content (AvgIpc) is 3.20. The summed E-state index contributed by atoms with van der Waals surface area (Å²) in [5.74, 6) is -0.0152. The summed E-state index contributed by atoms with van der Waals surface area (Å²) in [6.45, 7) is 5.45. The smallest absolute Gasteiger partial charge is 0.353 e. The van der Waals surface area contributed by atoms with Crippen molar-refractivity contribution in [1.82, 2.24) is 15.5 Å². The lowest BCUT2D eigenvalue weighted by molar-refractivity contribution is -0.137. The molecule has 3 aromatic carbocycles. The van der Waals surface area contributed by atoms with E-state index in [-0.39, 0.29) is 24.0 Å². The average molecular weight is 470 g/mol. The molecule has 0 radical (unpaired) electrons. The van der Waals surface area contributed by atoms with Gasteiger partial charge in [-0.2, -0.15) is 13.2 Å². The van der Waals surface area contributed by atoms with Crippen LogP contribution in [-0.4, -0.2) is 35.5 Å². The molecule has 0 saturated carbocycles. The van der Waals surface area contributed by atoms with Crippen LogP contribution in [0.1, 0.15) is 37.0 Å². The Kier molecular flexibility index (Phi) is 7.24. The third-order valence-corrected chi connectivity index (χ3v) is 6.24. The van der Waals surface area contributed by atoms with Gasteiger partial charge in [-0.1, -0.05) is 60.7 Å². The van der Waals surface area contributed by atoms with Crippen molar-refractivity contribution in [3.05, 3.63) is 83.4 Å². The zero-order chi connectivity index (χ0) is 24.3. The van der Waals surface area contributed by atoms with Crippen molar-refractivity contribution in [1.29, 1.82) is 0 Å². The number of alkyl halides is 3. The Hall–Kier alpha value is -2.90. The summed E-state index contributed by atoms with van der Waals surface area (Å²) in [4.78, 5) is 15.2. The predicted octanol–water partition coefficient (Wildman–Crippen LogP) is 5.12. The summed E-state index contributed by atoms with van der Waals surface area (Å²) >= 11 is 0. The first kappa shape index (κ1) is 24.2. The van der Waals surface area contributed by atoms with Crippen LogP contribution in [0.15, 0.2) is 66.7 Å². The van der Waals surface area contributed by atoms with E-state index in [4.69, 9.17) is 0 Å². The quantitative estimate of drug-likeness (QED) is 0.505. The monoisotopic (exact) mass is 469 g/mol. The van der Waals surface area contributed by atoms with E-state index in [0.29, 0.717) is 31.6 Å². The molecule has 0 bridgehead atoms. The fraction of sp³-hybridized carbons (Fsp3) is 0.370. The van der Waals surface area contributed by atoms with Gasteiger partial charge in [0.15, 0.2) is 0 Å². The van der Waals surface area contributed by atoms with Crippen molar-refractivity contribution >= 4 is 16.7 Å². The third kappa shape index (κ3) is 5.77. The molecule has 1 amide bonds. The number of nitrogens with zero attached hydrogens (tertiary/aromatic N) is 1. The number of carbonyl (C=O) groups excluding carboxylic acids is 1. The largest absolute Gasteiger partial charge is 0.416 e. The van der Waals surface area contributed by atoms with Gasteiger partial charge >= 0.3 is 6.18 Å². The molecule has 3 aromatic rings. The van der Waals surface area contributed by atoms with Crippen molar-refractivity contribution in [2.75, 3.05) is 6.54 Å². The van der Waals surface area contributed by atoms with Gasteiger partial charge in [-0.15, -0.1) is 0 Å². The molecular weight excluding hydrogens is 439 g/mol. The molecule has 0 aliphatic carbocycles. The predicted molar refractivity (Wildman–Crippen MR) is 128 cm³/mol. The maximum atomic E-state index is 13.1. The molecule has 4 rings (SSSR count). The Balaban J connectivity index is 1.49. The van der Waals surface area contributed by atoms with Crippen LogP contribution in [0.2, 0.25) is 0 Å². The van der Waals surface area contributed by atoms with E-state index in [1.807, 2.05) is 32.0 Å². The first-order valence-corrected chi connectivity index (χ1v) is 11.6. The van der Waals surface area contributed by atoms with Crippen molar-refractivity contribution in [3.8, 4) is 0 Å². The van der Waals surface area contributed by atoms with E-state index < -0.39 is 11.7 Å². The van der Waals surface area contributed by atoms with Crippen LogP contribution < -0.4 is 10.6 Å². The van der Waals surface area contributed by atoms with Crippen LogP contribution in [0.3, 0.4) is 0 Å². The van der Waals surface area contributed by atoms with Gasteiger partial charge in [0.2, 0.25) is 5.91 Å². The Bertz CT molecular complexity index is 1140. The zero-order valence-electron chi connectivity index (χ0n) is 19.4. The minimum absolute atomic E-state index is 0.00701. The van der Waals surface area contributed by atoms with E-state index >= 15 is 0 Å². The van der Waals surface area contributed by atoms with Gasteiger partial charge in [-0.25, -0.2) is 0 Å². The van der Waals surface area contributed by atoms with Crippen molar-refractivity contribution in [2.24, 2.45) is 0 Å². The molecule has 2 atom stereocenters. The van der Waals surface area contributed by atoms with Gasteiger partial charge in [0.1, 0.15) is 0 Å². The van der Waals surface area contributed by atoms with E-state index in [2.05, 4.69) is 39.8 Å². The Labute approximate surface area is 198 Å². The molecule has 1 heterocycles. The molecule has 2 N–H and O–H groups in total. The van der Waals surface area contributed by atoms with Crippen molar-refractivity contribution < 1.29 is 18.0 Å². The number of nitrogens with one attached hydrogen (secondary N) is 2. The molecule has 1 aliphatic heterocycles. The van der Waals surface area contributed by atoms with Gasteiger partial charge in [-0.05, 0) is 48.2 Å². The fourth-order valence-corrected chi connectivity index (χ4v) is 4.65. The SMILES string of the molecule is CC(C)NC(=O)[C@@H]1C[C@@H](NCc2cccc(C(F)(F)F)c2)CN1Cc1cccc2ccccc12. The molecule has 180 valence electrons. The van der Waals surface area contributed by atoms with E-state index in [9.17, 15) is 18.0 Å². The van der Waals surface area contributed by atoms with E-state index in [1.54, 1.807) is 6.07 Å². The maximum Gasteiger partial charge on any atom is 0.416 e. The van der Waals surface area contributed by atoms with Crippen LogP contribution in [-0.2, 0) is 24.1 Å². The second-order valence-corrected chi connectivity index (χ2v) is 9.26. The molecule has 34 heavy (non-hydrogen) atoms. The minimum Gasteiger partial charge on any atom is -0.353 e. The molecule has 4 nitrogen and oxygen atoms in total. The highest BCUT2D eigenvalue weighted by molar-refractivity contribution is 5.86. The maximum absolute atomic E-state index is 13.1. The topological polar surface area (TPSA) is 44.4 Å². The molecule has 1 fully saturated rings. The molecule has 1 aliphatic rings. The lowest BCUT2D eigenvalue weighted by atomic mass is 10.0. The number of carbonyl (C=O) groups is 1. The van der Waals surface area contributed by atoms with Gasteiger partial charge in [-0.3, -0.25) is 9.69 Å². The first-order valence-electron chi connectivity index (χ1n) is 11.6.